The van der Waals surface area contributed by atoms with Gasteiger partial charge in [-0.05, 0) is 36.1 Å². The minimum atomic E-state index is -4.80. The lowest BCUT2D eigenvalue weighted by molar-refractivity contribution is -0.258. The topological polar surface area (TPSA) is 82.1 Å². The van der Waals surface area contributed by atoms with E-state index >= 15 is 0 Å². The molecular formula is C22H26F3N3O4S2. The number of nitrogens with one attached hydrogen (secondary N) is 1. The number of ether oxygens (including phenoxy) is 1. The van der Waals surface area contributed by atoms with Gasteiger partial charge >= 0.3 is 6.18 Å². The molecule has 0 amide bonds. The lowest BCUT2D eigenvalue weighted by atomic mass is 9.68. The van der Waals surface area contributed by atoms with Gasteiger partial charge in [-0.25, -0.2) is 8.42 Å². The van der Waals surface area contributed by atoms with Gasteiger partial charge in [-0.15, -0.1) is 11.3 Å². The number of benzene rings is 1. The molecule has 4 heterocycles. The van der Waals surface area contributed by atoms with Gasteiger partial charge in [0.05, 0.1) is 19.3 Å². The Morgan fingerprint density at radius 1 is 1.18 bits per heavy atom. The van der Waals surface area contributed by atoms with Gasteiger partial charge in [0.15, 0.2) is 5.60 Å². The zero-order chi connectivity index (χ0) is 24.4. The number of sulfonamides is 1. The van der Waals surface area contributed by atoms with Crippen molar-refractivity contribution in [1.29, 1.82) is 0 Å². The predicted molar refractivity (Wildman–Crippen MR) is 121 cm³/mol. The summed E-state index contributed by atoms with van der Waals surface area (Å²) in [7, 11) is -3.64. The van der Waals surface area contributed by atoms with Crippen LogP contribution < -0.4 is 10.2 Å². The summed E-state index contributed by atoms with van der Waals surface area (Å²) in [6.07, 6.45) is -4.80. The third-order valence-corrected chi connectivity index (χ3v) is 10.5. The average Bonchev–Trinajstić information content (AvgIpc) is 3.27. The van der Waals surface area contributed by atoms with E-state index in [2.05, 4.69) is 10.2 Å². The highest BCUT2D eigenvalue weighted by Gasteiger charge is 2.57. The Morgan fingerprint density at radius 3 is 2.38 bits per heavy atom. The molecule has 3 saturated heterocycles. The number of piperazine rings is 1. The molecule has 12 heteroatoms. The van der Waals surface area contributed by atoms with E-state index in [4.69, 9.17) is 4.74 Å². The van der Waals surface area contributed by atoms with E-state index in [0.717, 1.165) is 13.5 Å². The molecule has 1 aromatic heterocycles. The number of hydrogen-bond donors (Lipinski definition) is 2. The van der Waals surface area contributed by atoms with Gasteiger partial charge in [0.25, 0.3) is 10.0 Å². The van der Waals surface area contributed by atoms with Crippen LogP contribution in [0.4, 0.5) is 18.9 Å². The van der Waals surface area contributed by atoms with Gasteiger partial charge < -0.3 is 20.1 Å². The normalized spacial score (nSPS) is 27.1. The Labute approximate surface area is 200 Å². The van der Waals surface area contributed by atoms with E-state index in [9.17, 15) is 26.7 Å². The second kappa shape index (κ2) is 8.17. The van der Waals surface area contributed by atoms with Crippen LogP contribution in [-0.2, 0) is 20.4 Å². The van der Waals surface area contributed by atoms with Crippen molar-refractivity contribution in [3.63, 3.8) is 0 Å². The molecule has 7 nitrogen and oxygen atoms in total. The van der Waals surface area contributed by atoms with Crippen LogP contribution in [0.2, 0.25) is 0 Å². The first kappa shape index (κ1) is 24.0. The number of nitrogens with zero attached hydrogens (tertiary/aromatic N) is 2. The average molecular weight is 518 g/mol. The Balaban J connectivity index is 1.44. The van der Waals surface area contributed by atoms with Crippen molar-refractivity contribution < 1.29 is 31.4 Å². The molecule has 0 radical (unpaired) electrons. The minimum absolute atomic E-state index is 0.0134. The van der Waals surface area contributed by atoms with E-state index in [0.29, 0.717) is 29.7 Å². The second-order valence-corrected chi connectivity index (χ2v) is 12.5. The zero-order valence-electron chi connectivity index (χ0n) is 18.5. The van der Waals surface area contributed by atoms with Crippen molar-refractivity contribution in [3.8, 4) is 0 Å². The Hall–Kier alpha value is -1.70. The van der Waals surface area contributed by atoms with Crippen LogP contribution >= 0.6 is 11.3 Å². The van der Waals surface area contributed by atoms with Crippen LogP contribution in [0.25, 0.3) is 0 Å². The maximum Gasteiger partial charge on any atom is 0.421 e. The standard InChI is InChI=1S/C22H26F3N3O4S2/c1-20(29,22(23,24)25)15-4-6-16(7-5-15)28-9-8-27(34(30,31)18-3-2-10-33-18)11-17(28)19-21(12-26-19)13-32-14-21/h2-7,10,17,19,26,29H,8-9,11-14H2,1H3. The second-order valence-electron chi connectivity index (χ2n) is 9.39. The van der Waals surface area contributed by atoms with Gasteiger partial charge in [0.2, 0.25) is 0 Å². The SMILES string of the molecule is CC(O)(c1ccc(N2CCN(S(=O)(=O)c3cccs3)CC2C2NCC23COC3)cc1)C(F)(F)F. The first-order chi connectivity index (χ1) is 16.0. The van der Waals surface area contributed by atoms with Crippen molar-refractivity contribution in [2.75, 3.05) is 44.3 Å². The van der Waals surface area contributed by atoms with Gasteiger partial charge in [0, 0.05) is 43.3 Å². The Kier molecular flexibility index (Phi) is 5.77. The van der Waals surface area contributed by atoms with E-state index in [1.54, 1.807) is 29.6 Å². The summed E-state index contributed by atoms with van der Waals surface area (Å²) in [5.74, 6) is 0. The third-order valence-electron chi connectivity index (χ3n) is 7.28. The van der Waals surface area contributed by atoms with Gasteiger partial charge in [0.1, 0.15) is 4.21 Å². The van der Waals surface area contributed by atoms with Crippen LogP contribution in [-0.4, -0.2) is 75.5 Å². The number of anilines is 1. The van der Waals surface area contributed by atoms with Crippen molar-refractivity contribution in [2.45, 2.75) is 35.0 Å². The maximum absolute atomic E-state index is 13.3. The molecule has 3 unspecified atom stereocenters. The lowest BCUT2D eigenvalue weighted by Gasteiger charge is -2.61. The van der Waals surface area contributed by atoms with Gasteiger partial charge in [-0.2, -0.15) is 17.5 Å². The Morgan fingerprint density at radius 2 is 1.88 bits per heavy atom. The van der Waals surface area contributed by atoms with E-state index < -0.39 is 21.8 Å². The highest BCUT2D eigenvalue weighted by Crippen LogP contribution is 2.43. The summed E-state index contributed by atoms with van der Waals surface area (Å²) < 4.78 is 73.4. The van der Waals surface area contributed by atoms with Gasteiger partial charge in [-0.3, -0.25) is 0 Å². The Bertz CT molecular complexity index is 1130. The molecule has 0 bridgehead atoms. The van der Waals surface area contributed by atoms with Crippen molar-refractivity contribution in [2.24, 2.45) is 5.41 Å². The molecule has 186 valence electrons. The molecule has 3 fully saturated rings. The predicted octanol–water partition coefficient (Wildman–Crippen LogP) is 2.39. The summed E-state index contributed by atoms with van der Waals surface area (Å²) >= 11 is 1.18. The molecule has 0 saturated carbocycles. The molecular weight excluding hydrogens is 491 g/mol. The molecule has 1 spiro atoms. The van der Waals surface area contributed by atoms with Crippen LogP contribution in [0.3, 0.4) is 0 Å². The number of halogens is 3. The van der Waals surface area contributed by atoms with E-state index in [-0.39, 0.29) is 36.2 Å². The van der Waals surface area contributed by atoms with Crippen molar-refractivity contribution in [1.82, 2.24) is 9.62 Å². The quantitative estimate of drug-likeness (QED) is 0.634. The highest BCUT2D eigenvalue weighted by molar-refractivity contribution is 7.91. The van der Waals surface area contributed by atoms with Crippen LogP contribution in [0, 0.1) is 5.41 Å². The monoisotopic (exact) mass is 517 g/mol. The molecule has 2 N–H and O–H groups in total. The largest absolute Gasteiger partial charge is 0.421 e. The van der Waals surface area contributed by atoms with Crippen molar-refractivity contribution >= 4 is 27.0 Å². The van der Waals surface area contributed by atoms with Crippen LogP contribution in [0.1, 0.15) is 12.5 Å². The summed E-state index contributed by atoms with van der Waals surface area (Å²) in [6.45, 7) is 3.61. The lowest BCUT2D eigenvalue weighted by Crippen LogP contribution is -2.79. The van der Waals surface area contributed by atoms with E-state index in [1.165, 1.54) is 27.8 Å². The molecule has 3 atom stereocenters. The third kappa shape index (κ3) is 3.75. The molecule has 3 aliphatic heterocycles. The molecule has 0 aliphatic carbocycles. The summed E-state index contributed by atoms with van der Waals surface area (Å²) in [5.41, 5.74) is -2.58. The molecule has 2 aromatic rings. The summed E-state index contributed by atoms with van der Waals surface area (Å²) in [6, 6.07) is 8.75. The molecule has 1 aromatic carbocycles. The maximum atomic E-state index is 13.3. The fourth-order valence-corrected chi connectivity index (χ4v) is 7.58. The fourth-order valence-electron chi connectivity index (χ4n) is 4.99. The summed E-state index contributed by atoms with van der Waals surface area (Å²) in [4.78, 5) is 2.06. The van der Waals surface area contributed by atoms with Crippen molar-refractivity contribution in [3.05, 3.63) is 47.3 Å². The highest BCUT2D eigenvalue weighted by atomic mass is 32.2. The number of alkyl halides is 3. The molecule has 34 heavy (non-hydrogen) atoms. The molecule has 5 rings (SSSR count). The minimum Gasteiger partial charge on any atom is -0.380 e. The fraction of sp³-hybridized carbons (Fsp3) is 0.545. The molecule has 3 aliphatic rings. The van der Waals surface area contributed by atoms with Crippen LogP contribution in [0.5, 0.6) is 0 Å². The number of rotatable bonds is 5. The van der Waals surface area contributed by atoms with Gasteiger partial charge in [-0.1, -0.05) is 18.2 Å². The first-order valence-corrected chi connectivity index (χ1v) is 13.3. The number of thiophene rings is 1. The van der Waals surface area contributed by atoms with Crippen LogP contribution in [0.15, 0.2) is 46.0 Å². The smallest absolute Gasteiger partial charge is 0.380 e. The summed E-state index contributed by atoms with van der Waals surface area (Å²) in [5, 5.41) is 15.2. The van der Waals surface area contributed by atoms with E-state index in [1.807, 2.05) is 0 Å². The number of aliphatic hydroxyl groups is 1. The zero-order valence-corrected chi connectivity index (χ0v) is 20.1. The number of hydrogen-bond acceptors (Lipinski definition) is 7. The first-order valence-electron chi connectivity index (χ1n) is 11.0.